The van der Waals surface area contributed by atoms with Crippen LogP contribution in [0.5, 0.6) is 5.75 Å². The second kappa shape index (κ2) is 12.2. The van der Waals surface area contributed by atoms with Crippen LogP contribution in [0.15, 0.2) is 71.6 Å². The minimum atomic E-state index is -3.58. The molecule has 0 amide bonds. The number of rotatable bonds is 4. The average Bonchev–Trinajstić information content (AvgIpc) is 2.76. The molecule has 0 aliphatic carbocycles. The fraction of sp³-hybridized carbons (Fsp3) is 0.130. The number of hydrogen-bond donors (Lipinski definition) is 4. The summed E-state index contributed by atoms with van der Waals surface area (Å²) in [5.74, 6) is -2.51. The van der Waals surface area contributed by atoms with E-state index in [1.807, 2.05) is 36.4 Å². The minimum absolute atomic E-state index is 0.0756. The number of benzene rings is 3. The first-order chi connectivity index (χ1) is 15.4. The van der Waals surface area contributed by atoms with Crippen LogP contribution in [0, 0.1) is 13.8 Å². The number of primary sulfonamides is 1. The Bertz CT molecular complexity index is 1170. The van der Waals surface area contributed by atoms with Gasteiger partial charge < -0.3 is 20.7 Å². The van der Waals surface area contributed by atoms with E-state index in [0.29, 0.717) is 16.8 Å². The third-order valence-electron chi connectivity index (χ3n) is 4.32. The van der Waals surface area contributed by atoms with Crippen LogP contribution in [0.4, 0.5) is 5.69 Å². The first kappa shape index (κ1) is 27.1. The minimum Gasteiger partial charge on any atom is -0.495 e. The van der Waals surface area contributed by atoms with E-state index in [0.717, 1.165) is 0 Å². The predicted octanol–water partition coefficient (Wildman–Crippen LogP) is 3.31. The molecule has 0 atom stereocenters. The lowest BCUT2D eigenvalue weighted by atomic mass is 9.98. The topological polar surface area (TPSA) is 170 Å². The van der Waals surface area contributed by atoms with Crippen LogP contribution in [0.25, 0.3) is 0 Å². The van der Waals surface area contributed by atoms with Gasteiger partial charge in [0, 0.05) is 5.69 Å². The second-order valence-corrected chi connectivity index (χ2v) is 8.21. The number of nitrogens with two attached hydrogens (primary N) is 2. The Morgan fingerprint density at radius 3 is 1.67 bits per heavy atom. The second-order valence-electron chi connectivity index (χ2n) is 6.65. The molecule has 0 fully saturated rings. The number of sulfonamides is 1. The highest BCUT2D eigenvalue weighted by Gasteiger charge is 2.23. The molecule has 0 saturated heterocycles. The molecule has 0 aliphatic rings. The van der Waals surface area contributed by atoms with Crippen molar-refractivity contribution >= 4 is 27.6 Å². The molecule has 0 spiro atoms. The predicted molar refractivity (Wildman–Crippen MR) is 125 cm³/mol. The number of aromatic carboxylic acids is 2. The zero-order chi connectivity index (χ0) is 25.2. The van der Waals surface area contributed by atoms with Crippen LogP contribution in [-0.4, -0.2) is 37.7 Å². The van der Waals surface area contributed by atoms with Gasteiger partial charge in [0.15, 0.2) is 0 Å². The average molecular weight is 475 g/mol. The summed E-state index contributed by atoms with van der Waals surface area (Å²) in [6, 6.07) is 19.1. The molecule has 0 aliphatic heterocycles. The molecule has 0 radical (unpaired) electrons. The van der Waals surface area contributed by atoms with Gasteiger partial charge >= 0.3 is 11.9 Å². The summed E-state index contributed by atoms with van der Waals surface area (Å²) >= 11 is 0. The van der Waals surface area contributed by atoms with Gasteiger partial charge in [-0.25, -0.2) is 23.1 Å². The summed E-state index contributed by atoms with van der Waals surface area (Å²) in [5.41, 5.74) is 6.73. The van der Waals surface area contributed by atoms with Gasteiger partial charge in [-0.1, -0.05) is 36.4 Å². The van der Waals surface area contributed by atoms with Gasteiger partial charge in [-0.15, -0.1) is 0 Å². The lowest BCUT2D eigenvalue weighted by Crippen LogP contribution is -2.11. The molecule has 0 saturated carbocycles. The summed E-state index contributed by atoms with van der Waals surface area (Å²) in [5, 5.41) is 22.8. The van der Waals surface area contributed by atoms with Crippen molar-refractivity contribution < 1.29 is 33.0 Å². The molecule has 10 heteroatoms. The van der Waals surface area contributed by atoms with Crippen molar-refractivity contribution in [1.82, 2.24) is 0 Å². The monoisotopic (exact) mass is 474 g/mol. The quantitative estimate of drug-likeness (QED) is 0.417. The maximum atomic E-state index is 11.1. The smallest absolute Gasteiger partial charge is 0.339 e. The van der Waals surface area contributed by atoms with Gasteiger partial charge in [-0.2, -0.15) is 0 Å². The molecule has 0 bridgehead atoms. The summed E-state index contributed by atoms with van der Waals surface area (Å²) in [4.78, 5) is 22.1. The maximum Gasteiger partial charge on any atom is 0.339 e. The van der Waals surface area contributed by atoms with E-state index in [-0.39, 0.29) is 21.8 Å². The van der Waals surface area contributed by atoms with Crippen molar-refractivity contribution in [2.24, 2.45) is 5.14 Å². The third-order valence-corrected chi connectivity index (χ3v) is 5.25. The highest BCUT2D eigenvalue weighted by Crippen LogP contribution is 2.29. The lowest BCUT2D eigenvalue weighted by Gasteiger charge is -2.13. The Hall–Kier alpha value is -3.89. The van der Waals surface area contributed by atoms with Crippen LogP contribution in [0.1, 0.15) is 31.8 Å². The van der Waals surface area contributed by atoms with Crippen LogP contribution in [-0.2, 0) is 10.0 Å². The van der Waals surface area contributed by atoms with Crippen LogP contribution in [0.3, 0.4) is 0 Å². The summed E-state index contributed by atoms with van der Waals surface area (Å²) in [6.07, 6.45) is 0. The molecule has 3 aromatic carbocycles. The molecule has 3 rings (SSSR count). The molecule has 6 N–H and O–H groups in total. The van der Waals surface area contributed by atoms with E-state index >= 15 is 0 Å². The number of methoxy groups -OCH3 is 1. The van der Waals surface area contributed by atoms with Crippen molar-refractivity contribution in [2.75, 3.05) is 12.8 Å². The molecule has 3 aromatic rings. The number of carboxylic acids is 2. The molecule has 0 heterocycles. The number of anilines is 1. The van der Waals surface area contributed by atoms with Crippen molar-refractivity contribution in [3.05, 3.63) is 89.0 Å². The zero-order valence-corrected chi connectivity index (χ0v) is 19.2. The van der Waals surface area contributed by atoms with Gasteiger partial charge in [0.1, 0.15) is 16.9 Å². The normalized spacial score (nSPS) is 10.1. The van der Waals surface area contributed by atoms with Crippen molar-refractivity contribution in [1.29, 1.82) is 0 Å². The van der Waals surface area contributed by atoms with Crippen molar-refractivity contribution in [2.45, 2.75) is 18.7 Å². The van der Waals surface area contributed by atoms with Gasteiger partial charge in [0.25, 0.3) is 0 Å². The van der Waals surface area contributed by atoms with Crippen LogP contribution < -0.4 is 15.6 Å². The van der Waals surface area contributed by atoms with E-state index < -0.39 is 22.0 Å². The van der Waals surface area contributed by atoms with E-state index in [9.17, 15) is 18.0 Å². The first-order valence-corrected chi connectivity index (χ1v) is 11.0. The van der Waals surface area contributed by atoms with Crippen molar-refractivity contribution in [3.63, 3.8) is 0 Å². The van der Waals surface area contributed by atoms with E-state index in [1.165, 1.54) is 37.4 Å². The lowest BCUT2D eigenvalue weighted by molar-refractivity contribution is 0.0690. The Kier molecular flexibility index (Phi) is 10.1. The maximum absolute atomic E-state index is 11.1. The van der Waals surface area contributed by atoms with Gasteiger partial charge in [0.05, 0.1) is 12.0 Å². The van der Waals surface area contributed by atoms with E-state index in [2.05, 4.69) is 0 Å². The van der Waals surface area contributed by atoms with Crippen LogP contribution >= 0.6 is 0 Å². The molecule has 9 nitrogen and oxygen atoms in total. The highest BCUT2D eigenvalue weighted by atomic mass is 32.2. The third kappa shape index (κ3) is 8.28. The van der Waals surface area contributed by atoms with E-state index in [4.69, 9.17) is 25.8 Å². The number of nitrogen functional groups attached to an aromatic ring is 1. The van der Waals surface area contributed by atoms with Crippen molar-refractivity contribution in [3.8, 4) is 5.75 Å². The Morgan fingerprint density at radius 1 is 0.879 bits per heavy atom. The Balaban J connectivity index is 0.000000274. The molecule has 33 heavy (non-hydrogen) atoms. The fourth-order valence-electron chi connectivity index (χ4n) is 2.56. The summed E-state index contributed by atoms with van der Waals surface area (Å²) in [7, 11) is -2.32. The molecular formula is C23H26N2O7S. The number of ether oxygens (including phenoxy) is 1. The molecule has 0 unspecified atom stereocenters. The number of carbonyl (C=O) groups is 2. The molecular weight excluding hydrogens is 448 g/mol. The molecule has 176 valence electrons. The summed E-state index contributed by atoms with van der Waals surface area (Å²) in [6.45, 7) is 3.28. The molecule has 0 aromatic heterocycles. The van der Waals surface area contributed by atoms with Crippen LogP contribution in [0.2, 0.25) is 0 Å². The van der Waals surface area contributed by atoms with Gasteiger partial charge in [-0.3, -0.25) is 0 Å². The highest BCUT2D eigenvalue weighted by molar-refractivity contribution is 7.89. The number of hydrogen-bond acceptors (Lipinski definition) is 6. The number of carboxylic acid groups (broad SMARTS) is 2. The Labute approximate surface area is 192 Å². The zero-order valence-electron chi connectivity index (χ0n) is 18.3. The standard InChI is InChI=1S/C11H12O5.C6H8N2O2S.C6H6/c1-5-4-7(10(12)13)9(16-3)8(6(5)2)11(14)15;7-5-1-3-6(4-2-5)11(8,9)10;1-2-4-6-5-3-1/h4H,1-3H3,(H,12,13)(H,14,15);1-4H,7H2,(H2,8,9,10);1-6H. The van der Waals surface area contributed by atoms with Gasteiger partial charge in [-0.05, 0) is 55.3 Å². The first-order valence-electron chi connectivity index (χ1n) is 9.43. The number of aryl methyl sites for hydroxylation is 1. The SMILES string of the molecule is COc1c(C(=O)O)cc(C)c(C)c1C(=O)O.Nc1ccc(S(N)(=O)=O)cc1.c1ccccc1. The fourth-order valence-corrected chi connectivity index (χ4v) is 3.08. The van der Waals surface area contributed by atoms with E-state index in [1.54, 1.807) is 13.8 Å². The Morgan fingerprint density at radius 2 is 1.33 bits per heavy atom. The summed E-state index contributed by atoms with van der Waals surface area (Å²) < 4.78 is 26.2. The largest absolute Gasteiger partial charge is 0.495 e. The van der Waals surface area contributed by atoms with Gasteiger partial charge in [0.2, 0.25) is 10.0 Å².